The van der Waals surface area contributed by atoms with Crippen molar-refractivity contribution in [1.82, 2.24) is 20.4 Å². The molecule has 0 aliphatic carbocycles. The molecule has 2 N–H and O–H groups in total. The predicted octanol–water partition coefficient (Wildman–Crippen LogP) is 2.81. The van der Waals surface area contributed by atoms with Gasteiger partial charge in [0.15, 0.2) is 5.96 Å². The maximum atomic E-state index is 5.58. The fourth-order valence-electron chi connectivity index (χ4n) is 2.56. The molecule has 0 saturated heterocycles. The molecule has 6 nitrogen and oxygen atoms in total. The normalized spacial score (nSPS) is 12.9. The van der Waals surface area contributed by atoms with Crippen LogP contribution in [0.1, 0.15) is 44.6 Å². The van der Waals surface area contributed by atoms with Crippen LogP contribution in [0.3, 0.4) is 0 Å². The molecule has 0 fully saturated rings. The quantitative estimate of drug-likeness (QED) is 0.255. The summed E-state index contributed by atoms with van der Waals surface area (Å²) in [6.45, 7) is 15.7. The van der Waals surface area contributed by atoms with E-state index in [1.807, 2.05) is 11.7 Å². The van der Waals surface area contributed by atoms with Crippen molar-refractivity contribution >= 4 is 29.9 Å². The number of hydrogen-bond donors (Lipinski definition) is 2. The lowest BCUT2D eigenvalue weighted by Crippen LogP contribution is -2.43. The molecular weight excluding hydrogens is 429 g/mol. The highest BCUT2D eigenvalue weighted by molar-refractivity contribution is 14.0. The molecule has 1 aromatic rings. The molecule has 146 valence electrons. The number of aryl methyl sites for hydroxylation is 2. The molecule has 0 saturated carbocycles. The Balaban J connectivity index is 0.00000576. The number of rotatable bonds is 9. The van der Waals surface area contributed by atoms with E-state index < -0.39 is 0 Å². The van der Waals surface area contributed by atoms with Crippen molar-refractivity contribution in [3.05, 3.63) is 17.0 Å². The molecule has 0 aliphatic rings. The Bertz CT molecular complexity index is 528. The minimum Gasteiger partial charge on any atom is -0.379 e. The Kier molecular flexibility index (Phi) is 12.1. The molecule has 0 radical (unpaired) electrons. The standard InChI is InChI=1S/C18H35N5O.HI/c1-8-19-18(20-9-10-24-12-13(2)3)21-14(4)11-17-15(5)22-23(7)16(17)6;/h13-14H,8-12H2,1-7H3,(H2,19,20,21);1H. The van der Waals surface area contributed by atoms with E-state index in [1.165, 1.54) is 11.3 Å². The molecule has 0 amide bonds. The molecule has 1 atom stereocenters. The summed E-state index contributed by atoms with van der Waals surface area (Å²) < 4.78 is 7.53. The summed E-state index contributed by atoms with van der Waals surface area (Å²) in [5.41, 5.74) is 3.64. The van der Waals surface area contributed by atoms with Gasteiger partial charge in [0.2, 0.25) is 0 Å². The van der Waals surface area contributed by atoms with Crippen LogP contribution in [0, 0.1) is 19.8 Å². The Labute approximate surface area is 170 Å². The first-order valence-corrected chi connectivity index (χ1v) is 8.96. The molecule has 1 aromatic heterocycles. The van der Waals surface area contributed by atoms with Crippen molar-refractivity contribution in [2.45, 2.75) is 54.0 Å². The zero-order valence-electron chi connectivity index (χ0n) is 16.8. The SMILES string of the molecule is CCNC(=NCCOCC(C)C)NC(C)Cc1c(C)nn(C)c1C.I. The topological polar surface area (TPSA) is 63.5 Å². The Morgan fingerprint density at radius 3 is 2.48 bits per heavy atom. The number of aromatic nitrogens is 2. The van der Waals surface area contributed by atoms with Crippen molar-refractivity contribution in [2.24, 2.45) is 18.0 Å². The number of nitrogens with zero attached hydrogens (tertiary/aromatic N) is 3. The van der Waals surface area contributed by atoms with Crippen molar-refractivity contribution in [3.63, 3.8) is 0 Å². The first-order chi connectivity index (χ1) is 11.3. The second kappa shape index (κ2) is 12.5. The third-order valence-corrected chi connectivity index (χ3v) is 3.85. The van der Waals surface area contributed by atoms with E-state index in [4.69, 9.17) is 4.74 Å². The van der Waals surface area contributed by atoms with Crippen molar-refractivity contribution in [2.75, 3.05) is 26.3 Å². The van der Waals surface area contributed by atoms with Crippen LogP contribution in [-0.4, -0.2) is 48.1 Å². The number of ether oxygens (including phenoxy) is 1. The minimum absolute atomic E-state index is 0. The van der Waals surface area contributed by atoms with Crippen LogP contribution >= 0.6 is 24.0 Å². The fourth-order valence-corrected chi connectivity index (χ4v) is 2.56. The molecule has 1 heterocycles. The van der Waals surface area contributed by atoms with Gasteiger partial charge in [-0.05, 0) is 45.6 Å². The molecule has 0 aliphatic heterocycles. The molecule has 0 bridgehead atoms. The van der Waals surface area contributed by atoms with Crippen LogP contribution in [0.25, 0.3) is 0 Å². The largest absolute Gasteiger partial charge is 0.379 e. The van der Waals surface area contributed by atoms with Gasteiger partial charge in [-0.15, -0.1) is 24.0 Å². The van der Waals surface area contributed by atoms with Crippen molar-refractivity contribution in [3.8, 4) is 0 Å². The van der Waals surface area contributed by atoms with Crippen LogP contribution in [0.2, 0.25) is 0 Å². The smallest absolute Gasteiger partial charge is 0.191 e. The number of hydrogen-bond acceptors (Lipinski definition) is 3. The van der Waals surface area contributed by atoms with Crippen LogP contribution in [0.4, 0.5) is 0 Å². The van der Waals surface area contributed by atoms with Gasteiger partial charge < -0.3 is 15.4 Å². The molecule has 7 heteroatoms. The highest BCUT2D eigenvalue weighted by Crippen LogP contribution is 2.14. The van der Waals surface area contributed by atoms with E-state index in [0.717, 1.165) is 31.2 Å². The van der Waals surface area contributed by atoms with Gasteiger partial charge in [-0.1, -0.05) is 13.8 Å². The average Bonchev–Trinajstić information content (AvgIpc) is 2.73. The summed E-state index contributed by atoms with van der Waals surface area (Å²) in [5, 5.41) is 11.3. The zero-order chi connectivity index (χ0) is 18.1. The molecule has 1 rings (SSSR count). The van der Waals surface area contributed by atoms with Crippen LogP contribution in [0.5, 0.6) is 0 Å². The highest BCUT2D eigenvalue weighted by Gasteiger charge is 2.13. The Hall–Kier alpha value is -0.830. The number of guanidine groups is 1. The number of nitrogens with one attached hydrogen (secondary N) is 2. The molecule has 0 spiro atoms. The summed E-state index contributed by atoms with van der Waals surface area (Å²) in [5.74, 6) is 1.41. The molecule has 25 heavy (non-hydrogen) atoms. The third kappa shape index (κ3) is 8.89. The second-order valence-corrected chi connectivity index (χ2v) is 6.75. The Morgan fingerprint density at radius 2 is 1.96 bits per heavy atom. The van der Waals surface area contributed by atoms with Gasteiger partial charge in [0, 0.05) is 31.9 Å². The number of halogens is 1. The van der Waals surface area contributed by atoms with Crippen molar-refractivity contribution in [1.29, 1.82) is 0 Å². The first-order valence-electron chi connectivity index (χ1n) is 8.96. The van der Waals surface area contributed by atoms with E-state index in [0.29, 0.717) is 19.1 Å². The lowest BCUT2D eigenvalue weighted by molar-refractivity contribution is 0.117. The van der Waals surface area contributed by atoms with Crippen LogP contribution in [-0.2, 0) is 18.2 Å². The van der Waals surface area contributed by atoms with E-state index in [1.54, 1.807) is 0 Å². The van der Waals surface area contributed by atoms with Crippen LogP contribution in [0.15, 0.2) is 4.99 Å². The fraction of sp³-hybridized carbons (Fsp3) is 0.778. The number of aliphatic imine (C=N–C) groups is 1. The van der Waals surface area contributed by atoms with Crippen molar-refractivity contribution < 1.29 is 4.74 Å². The summed E-state index contributed by atoms with van der Waals surface area (Å²) in [7, 11) is 1.99. The maximum Gasteiger partial charge on any atom is 0.191 e. The van der Waals surface area contributed by atoms with Gasteiger partial charge in [0.25, 0.3) is 0 Å². The maximum absolute atomic E-state index is 5.58. The average molecular weight is 465 g/mol. The lowest BCUT2D eigenvalue weighted by Gasteiger charge is -2.18. The summed E-state index contributed by atoms with van der Waals surface area (Å²) >= 11 is 0. The summed E-state index contributed by atoms with van der Waals surface area (Å²) in [4.78, 5) is 4.59. The highest BCUT2D eigenvalue weighted by atomic mass is 127. The molecule has 0 aromatic carbocycles. The van der Waals surface area contributed by atoms with Crippen LogP contribution < -0.4 is 10.6 Å². The molecule has 1 unspecified atom stereocenters. The van der Waals surface area contributed by atoms with E-state index in [2.05, 4.69) is 62.3 Å². The van der Waals surface area contributed by atoms with E-state index >= 15 is 0 Å². The van der Waals surface area contributed by atoms with Gasteiger partial charge in [0.1, 0.15) is 0 Å². The van der Waals surface area contributed by atoms with Gasteiger partial charge >= 0.3 is 0 Å². The van der Waals surface area contributed by atoms with Gasteiger partial charge in [-0.3, -0.25) is 9.67 Å². The third-order valence-electron chi connectivity index (χ3n) is 3.85. The van der Waals surface area contributed by atoms with Gasteiger partial charge in [-0.2, -0.15) is 5.10 Å². The zero-order valence-corrected chi connectivity index (χ0v) is 19.2. The first kappa shape index (κ1) is 24.2. The molecular formula is C18H36IN5O. The summed E-state index contributed by atoms with van der Waals surface area (Å²) in [6.07, 6.45) is 0.930. The van der Waals surface area contributed by atoms with Gasteiger partial charge in [0.05, 0.1) is 18.8 Å². The second-order valence-electron chi connectivity index (χ2n) is 6.75. The van der Waals surface area contributed by atoms with Gasteiger partial charge in [-0.25, -0.2) is 0 Å². The van der Waals surface area contributed by atoms with E-state index in [9.17, 15) is 0 Å². The monoisotopic (exact) mass is 465 g/mol. The minimum atomic E-state index is 0. The Morgan fingerprint density at radius 1 is 1.28 bits per heavy atom. The van der Waals surface area contributed by atoms with E-state index in [-0.39, 0.29) is 30.0 Å². The predicted molar refractivity (Wildman–Crippen MR) is 116 cm³/mol. The summed E-state index contributed by atoms with van der Waals surface area (Å²) in [6, 6.07) is 0.279. The lowest BCUT2D eigenvalue weighted by atomic mass is 10.1.